The Morgan fingerprint density at radius 3 is 2.15 bits per heavy atom. The fourth-order valence-corrected chi connectivity index (χ4v) is 1.74. The van der Waals surface area contributed by atoms with E-state index in [0.717, 1.165) is 0 Å². The van der Waals surface area contributed by atoms with Crippen LogP contribution in [-0.4, -0.2) is 26.6 Å². The molecule has 0 fully saturated rings. The smallest absolute Gasteiger partial charge is 0.200 e. The molecule has 0 aliphatic rings. The molecule has 4 nitrogen and oxygen atoms in total. The minimum Gasteiger partial charge on any atom is -0.497 e. The van der Waals surface area contributed by atoms with Gasteiger partial charge in [-0.1, -0.05) is 12.1 Å². The van der Waals surface area contributed by atoms with Crippen molar-refractivity contribution in [3.63, 3.8) is 0 Å². The van der Waals surface area contributed by atoms with Gasteiger partial charge in [-0.2, -0.15) is 0 Å². The van der Waals surface area contributed by atoms with Gasteiger partial charge in [0.15, 0.2) is 23.9 Å². The van der Waals surface area contributed by atoms with E-state index in [9.17, 15) is 4.79 Å². The summed E-state index contributed by atoms with van der Waals surface area (Å²) in [5.41, 5.74) is 0.584. The maximum Gasteiger partial charge on any atom is 0.200 e. The first kappa shape index (κ1) is 13.9. The van der Waals surface area contributed by atoms with Crippen molar-refractivity contribution >= 4 is 5.78 Å². The molecule has 0 saturated carbocycles. The third-order valence-electron chi connectivity index (χ3n) is 2.84. The summed E-state index contributed by atoms with van der Waals surface area (Å²) in [5, 5.41) is 0. The van der Waals surface area contributed by atoms with Gasteiger partial charge >= 0.3 is 0 Å². The van der Waals surface area contributed by atoms with Gasteiger partial charge in [-0.3, -0.25) is 4.79 Å². The lowest BCUT2D eigenvalue weighted by atomic mass is 10.1. The highest BCUT2D eigenvalue weighted by atomic mass is 16.5. The third kappa shape index (κ3) is 3.29. The average molecular weight is 272 g/mol. The topological polar surface area (TPSA) is 44.8 Å². The van der Waals surface area contributed by atoms with E-state index < -0.39 is 0 Å². The first-order chi connectivity index (χ1) is 9.74. The monoisotopic (exact) mass is 272 g/mol. The summed E-state index contributed by atoms with van der Waals surface area (Å²) in [6, 6.07) is 14.1. The van der Waals surface area contributed by atoms with Crippen LogP contribution < -0.4 is 14.2 Å². The van der Waals surface area contributed by atoms with Crippen LogP contribution in [0.2, 0.25) is 0 Å². The van der Waals surface area contributed by atoms with E-state index in [-0.39, 0.29) is 12.4 Å². The van der Waals surface area contributed by atoms with Crippen molar-refractivity contribution in [2.24, 2.45) is 0 Å². The van der Waals surface area contributed by atoms with E-state index >= 15 is 0 Å². The molecular weight excluding hydrogens is 256 g/mol. The van der Waals surface area contributed by atoms with Gasteiger partial charge in [0.2, 0.25) is 0 Å². The van der Waals surface area contributed by atoms with Crippen LogP contribution in [0.4, 0.5) is 0 Å². The molecule has 2 rings (SSSR count). The van der Waals surface area contributed by atoms with E-state index in [2.05, 4.69) is 0 Å². The van der Waals surface area contributed by atoms with Crippen LogP contribution in [0, 0.1) is 0 Å². The standard InChI is InChI=1S/C16H16O4/c1-18-13-9-7-12(8-10-13)14(17)11-20-16-6-4-3-5-15(16)19-2/h3-10H,11H2,1-2H3. The lowest BCUT2D eigenvalue weighted by Gasteiger charge is -2.09. The predicted molar refractivity (Wildman–Crippen MR) is 75.8 cm³/mol. The van der Waals surface area contributed by atoms with Gasteiger partial charge in [0.25, 0.3) is 0 Å². The summed E-state index contributed by atoms with van der Waals surface area (Å²) in [6.07, 6.45) is 0. The molecule has 0 spiro atoms. The largest absolute Gasteiger partial charge is 0.497 e. The predicted octanol–water partition coefficient (Wildman–Crippen LogP) is 2.97. The number of carbonyl (C=O) groups is 1. The molecular formula is C16H16O4. The van der Waals surface area contributed by atoms with Crippen molar-refractivity contribution in [2.75, 3.05) is 20.8 Å². The number of methoxy groups -OCH3 is 2. The number of ether oxygens (including phenoxy) is 3. The van der Waals surface area contributed by atoms with Gasteiger partial charge < -0.3 is 14.2 Å². The maximum atomic E-state index is 12.0. The quantitative estimate of drug-likeness (QED) is 0.758. The van der Waals surface area contributed by atoms with Crippen LogP contribution in [0.25, 0.3) is 0 Å². The van der Waals surface area contributed by atoms with Crippen LogP contribution in [0.5, 0.6) is 17.2 Å². The number of Topliss-reactive ketones (excluding diaryl/α,β-unsaturated/α-hetero) is 1. The van der Waals surface area contributed by atoms with Gasteiger partial charge in [-0.25, -0.2) is 0 Å². The van der Waals surface area contributed by atoms with Gasteiger partial charge in [-0.15, -0.1) is 0 Å². The molecule has 20 heavy (non-hydrogen) atoms. The molecule has 0 aromatic heterocycles. The zero-order valence-corrected chi connectivity index (χ0v) is 11.5. The number of benzene rings is 2. The van der Waals surface area contributed by atoms with Gasteiger partial charge in [0, 0.05) is 5.56 Å². The number of hydrogen-bond acceptors (Lipinski definition) is 4. The summed E-state index contributed by atoms with van der Waals surface area (Å²) in [6.45, 7) is -0.0350. The molecule has 0 unspecified atom stereocenters. The van der Waals surface area contributed by atoms with Crippen molar-refractivity contribution < 1.29 is 19.0 Å². The van der Waals surface area contributed by atoms with Crippen LogP contribution in [0.3, 0.4) is 0 Å². The second kappa shape index (κ2) is 6.61. The van der Waals surface area contributed by atoms with E-state index in [4.69, 9.17) is 14.2 Å². The van der Waals surface area contributed by atoms with Crippen LogP contribution in [-0.2, 0) is 0 Å². The molecule has 0 saturated heterocycles. The average Bonchev–Trinajstić information content (AvgIpc) is 2.53. The normalized spacial score (nSPS) is 9.90. The number of carbonyl (C=O) groups excluding carboxylic acids is 1. The van der Waals surface area contributed by atoms with Crippen LogP contribution in [0.15, 0.2) is 48.5 Å². The molecule has 4 heteroatoms. The number of para-hydroxylation sites is 2. The molecule has 0 aliphatic carbocycles. The molecule has 2 aromatic rings. The molecule has 0 radical (unpaired) electrons. The highest BCUT2D eigenvalue weighted by Crippen LogP contribution is 2.25. The molecule has 2 aromatic carbocycles. The summed E-state index contributed by atoms with van der Waals surface area (Å²) in [4.78, 5) is 12.0. The Kier molecular flexibility index (Phi) is 4.60. The van der Waals surface area contributed by atoms with E-state index in [1.54, 1.807) is 50.6 Å². The summed E-state index contributed by atoms with van der Waals surface area (Å²) < 4.78 is 15.7. The Morgan fingerprint density at radius 2 is 1.55 bits per heavy atom. The Hall–Kier alpha value is -2.49. The Labute approximate surface area is 117 Å². The lowest BCUT2D eigenvalue weighted by Crippen LogP contribution is -2.11. The zero-order valence-electron chi connectivity index (χ0n) is 11.5. The highest BCUT2D eigenvalue weighted by molar-refractivity contribution is 5.97. The number of rotatable bonds is 6. The first-order valence-electron chi connectivity index (χ1n) is 6.17. The number of ketones is 1. The van der Waals surface area contributed by atoms with Gasteiger partial charge in [-0.05, 0) is 36.4 Å². The van der Waals surface area contributed by atoms with Crippen molar-refractivity contribution in [1.29, 1.82) is 0 Å². The molecule has 0 amide bonds. The second-order valence-corrected chi connectivity index (χ2v) is 4.09. The third-order valence-corrected chi connectivity index (χ3v) is 2.84. The summed E-state index contributed by atoms with van der Waals surface area (Å²) >= 11 is 0. The Morgan fingerprint density at radius 1 is 0.900 bits per heavy atom. The maximum absolute atomic E-state index is 12.0. The molecule has 0 aliphatic heterocycles. The number of hydrogen-bond donors (Lipinski definition) is 0. The van der Waals surface area contributed by atoms with Crippen molar-refractivity contribution in [3.8, 4) is 17.2 Å². The molecule has 104 valence electrons. The van der Waals surface area contributed by atoms with Crippen molar-refractivity contribution in [1.82, 2.24) is 0 Å². The zero-order chi connectivity index (χ0) is 14.4. The molecule has 0 atom stereocenters. The summed E-state index contributed by atoms with van der Waals surface area (Å²) in [5.74, 6) is 1.78. The highest BCUT2D eigenvalue weighted by Gasteiger charge is 2.09. The minimum atomic E-state index is -0.0986. The Balaban J connectivity index is 2.01. The first-order valence-corrected chi connectivity index (χ1v) is 6.17. The molecule has 0 bridgehead atoms. The van der Waals surface area contributed by atoms with Crippen LogP contribution >= 0.6 is 0 Å². The fraction of sp³-hybridized carbons (Fsp3) is 0.188. The van der Waals surface area contributed by atoms with Crippen molar-refractivity contribution in [3.05, 3.63) is 54.1 Å². The van der Waals surface area contributed by atoms with Crippen molar-refractivity contribution in [2.45, 2.75) is 0 Å². The van der Waals surface area contributed by atoms with Gasteiger partial charge in [0.1, 0.15) is 5.75 Å². The van der Waals surface area contributed by atoms with E-state index in [1.165, 1.54) is 0 Å². The Bertz CT molecular complexity index is 575. The lowest BCUT2D eigenvalue weighted by molar-refractivity contribution is 0.0919. The molecule has 0 N–H and O–H groups in total. The minimum absolute atomic E-state index is 0.0350. The SMILES string of the molecule is COc1ccc(C(=O)COc2ccccc2OC)cc1. The van der Waals surface area contributed by atoms with E-state index in [1.807, 2.05) is 12.1 Å². The van der Waals surface area contributed by atoms with Gasteiger partial charge in [0.05, 0.1) is 14.2 Å². The second-order valence-electron chi connectivity index (χ2n) is 4.09. The van der Waals surface area contributed by atoms with E-state index in [0.29, 0.717) is 22.8 Å². The van der Waals surface area contributed by atoms with Crippen LogP contribution in [0.1, 0.15) is 10.4 Å². The summed E-state index contributed by atoms with van der Waals surface area (Å²) in [7, 11) is 3.15. The molecule has 0 heterocycles. The fourth-order valence-electron chi connectivity index (χ4n) is 1.74.